The Morgan fingerprint density at radius 3 is 2.84 bits per heavy atom. The zero-order chi connectivity index (χ0) is 14.0. The van der Waals surface area contributed by atoms with Gasteiger partial charge in [-0.25, -0.2) is 4.79 Å². The van der Waals surface area contributed by atoms with E-state index in [2.05, 4.69) is 10.3 Å². The van der Waals surface area contributed by atoms with Crippen LogP contribution in [-0.4, -0.2) is 57.5 Å². The summed E-state index contributed by atoms with van der Waals surface area (Å²) in [4.78, 5) is 36.8. The van der Waals surface area contributed by atoms with Gasteiger partial charge in [0.05, 0.1) is 11.1 Å². The first-order valence-corrected chi connectivity index (χ1v) is 5.58. The minimum atomic E-state index is -1.11. The van der Waals surface area contributed by atoms with Crippen molar-refractivity contribution in [3.05, 3.63) is 28.1 Å². The van der Waals surface area contributed by atoms with Crippen molar-refractivity contribution >= 4 is 17.6 Å². The second-order valence-corrected chi connectivity index (χ2v) is 4.09. The van der Waals surface area contributed by atoms with Crippen LogP contribution in [0.15, 0.2) is 12.3 Å². The SMILES string of the molecule is O=C(O)C1CNCCN1C(=O)c1cc([N+](=O)[O-])c[nH]1. The van der Waals surface area contributed by atoms with Crippen LogP contribution in [0.2, 0.25) is 0 Å². The van der Waals surface area contributed by atoms with E-state index in [-0.39, 0.29) is 24.5 Å². The minimum Gasteiger partial charge on any atom is -0.480 e. The Kier molecular flexibility index (Phi) is 3.47. The molecule has 0 aliphatic carbocycles. The maximum atomic E-state index is 12.1. The lowest BCUT2D eigenvalue weighted by atomic mass is 10.2. The number of carbonyl (C=O) groups is 2. The van der Waals surface area contributed by atoms with E-state index in [1.54, 1.807) is 0 Å². The molecule has 1 aromatic heterocycles. The number of rotatable bonds is 3. The summed E-state index contributed by atoms with van der Waals surface area (Å²) in [7, 11) is 0. The maximum absolute atomic E-state index is 12.1. The van der Waals surface area contributed by atoms with E-state index >= 15 is 0 Å². The molecule has 1 aliphatic heterocycles. The van der Waals surface area contributed by atoms with Gasteiger partial charge in [0.25, 0.3) is 11.6 Å². The molecule has 1 atom stereocenters. The van der Waals surface area contributed by atoms with Gasteiger partial charge in [0.2, 0.25) is 0 Å². The highest BCUT2D eigenvalue weighted by Gasteiger charge is 2.33. The van der Waals surface area contributed by atoms with Gasteiger partial charge in [0.1, 0.15) is 11.7 Å². The number of aromatic amines is 1. The number of amides is 1. The van der Waals surface area contributed by atoms with E-state index in [1.807, 2.05) is 0 Å². The molecule has 1 aliphatic rings. The number of piperazine rings is 1. The number of nitro groups is 1. The Hall–Kier alpha value is -2.42. The second-order valence-electron chi connectivity index (χ2n) is 4.09. The van der Waals surface area contributed by atoms with Crippen LogP contribution in [0.1, 0.15) is 10.5 Å². The molecule has 102 valence electrons. The predicted octanol–water partition coefficient (Wildman–Crippen LogP) is -0.578. The van der Waals surface area contributed by atoms with Gasteiger partial charge < -0.3 is 20.3 Å². The van der Waals surface area contributed by atoms with Gasteiger partial charge in [0.15, 0.2) is 0 Å². The summed E-state index contributed by atoms with van der Waals surface area (Å²) in [6.45, 7) is 0.880. The second kappa shape index (κ2) is 5.06. The smallest absolute Gasteiger partial charge is 0.327 e. The van der Waals surface area contributed by atoms with E-state index in [9.17, 15) is 19.7 Å². The number of hydrogen-bond donors (Lipinski definition) is 3. The van der Waals surface area contributed by atoms with Crippen molar-refractivity contribution in [2.75, 3.05) is 19.6 Å². The van der Waals surface area contributed by atoms with Gasteiger partial charge >= 0.3 is 5.97 Å². The zero-order valence-electron chi connectivity index (χ0n) is 9.83. The van der Waals surface area contributed by atoms with Gasteiger partial charge in [-0.05, 0) is 0 Å². The van der Waals surface area contributed by atoms with Crippen LogP contribution in [0.5, 0.6) is 0 Å². The molecule has 0 saturated carbocycles. The number of nitrogens with one attached hydrogen (secondary N) is 2. The van der Waals surface area contributed by atoms with Crippen molar-refractivity contribution in [1.82, 2.24) is 15.2 Å². The molecule has 0 spiro atoms. The lowest BCUT2D eigenvalue weighted by Gasteiger charge is -2.33. The molecule has 0 bridgehead atoms. The van der Waals surface area contributed by atoms with Gasteiger partial charge in [-0.2, -0.15) is 0 Å². The molecule has 0 radical (unpaired) electrons. The van der Waals surface area contributed by atoms with Crippen LogP contribution in [0.4, 0.5) is 5.69 Å². The van der Waals surface area contributed by atoms with Crippen LogP contribution in [0, 0.1) is 10.1 Å². The molecule has 3 N–H and O–H groups in total. The highest BCUT2D eigenvalue weighted by Crippen LogP contribution is 2.16. The van der Waals surface area contributed by atoms with Gasteiger partial charge in [-0.3, -0.25) is 14.9 Å². The first kappa shape index (κ1) is 13.0. The largest absolute Gasteiger partial charge is 0.480 e. The van der Waals surface area contributed by atoms with Crippen LogP contribution in [0.25, 0.3) is 0 Å². The first-order chi connectivity index (χ1) is 9.00. The molecule has 1 saturated heterocycles. The van der Waals surface area contributed by atoms with Crippen molar-refractivity contribution in [3.63, 3.8) is 0 Å². The fraction of sp³-hybridized carbons (Fsp3) is 0.400. The highest BCUT2D eigenvalue weighted by molar-refractivity contribution is 5.96. The van der Waals surface area contributed by atoms with E-state index in [0.717, 1.165) is 12.3 Å². The first-order valence-electron chi connectivity index (χ1n) is 5.58. The molecule has 1 amide bonds. The molecular weight excluding hydrogens is 256 g/mol. The summed E-state index contributed by atoms with van der Waals surface area (Å²) in [6, 6.07) is 0.132. The normalized spacial score (nSPS) is 19.2. The van der Waals surface area contributed by atoms with Gasteiger partial charge in [0, 0.05) is 25.7 Å². The van der Waals surface area contributed by atoms with Gasteiger partial charge in [-0.1, -0.05) is 0 Å². The van der Waals surface area contributed by atoms with Crippen LogP contribution in [0.3, 0.4) is 0 Å². The van der Waals surface area contributed by atoms with Crippen LogP contribution < -0.4 is 5.32 Å². The van der Waals surface area contributed by atoms with Crippen molar-refractivity contribution in [2.45, 2.75) is 6.04 Å². The molecule has 2 heterocycles. The van der Waals surface area contributed by atoms with Crippen molar-refractivity contribution in [1.29, 1.82) is 0 Å². The number of H-pyrrole nitrogens is 1. The molecule has 1 aromatic rings. The number of carboxylic acids is 1. The Morgan fingerprint density at radius 1 is 1.53 bits per heavy atom. The van der Waals surface area contributed by atoms with Crippen LogP contribution in [-0.2, 0) is 4.79 Å². The van der Waals surface area contributed by atoms with Crippen LogP contribution >= 0.6 is 0 Å². The number of carbonyl (C=O) groups excluding carboxylic acids is 1. The van der Waals surface area contributed by atoms with Crippen molar-refractivity contribution in [2.24, 2.45) is 0 Å². The molecule has 9 nitrogen and oxygen atoms in total. The molecule has 1 unspecified atom stereocenters. The molecular formula is C10H12N4O5. The number of nitrogens with zero attached hydrogens (tertiary/aromatic N) is 2. The molecule has 2 rings (SSSR count). The molecule has 19 heavy (non-hydrogen) atoms. The van der Waals surface area contributed by atoms with E-state index in [1.165, 1.54) is 4.90 Å². The minimum absolute atomic E-state index is 0.0138. The third kappa shape index (κ3) is 2.55. The number of carboxylic acid groups (broad SMARTS) is 1. The summed E-state index contributed by atoms with van der Waals surface area (Å²) in [5.74, 6) is -1.66. The summed E-state index contributed by atoms with van der Waals surface area (Å²) >= 11 is 0. The Morgan fingerprint density at radius 2 is 2.26 bits per heavy atom. The number of hydrogen-bond acceptors (Lipinski definition) is 5. The predicted molar refractivity (Wildman–Crippen MR) is 62.8 cm³/mol. The fourth-order valence-electron chi connectivity index (χ4n) is 1.93. The molecule has 0 aromatic carbocycles. The monoisotopic (exact) mass is 268 g/mol. The average Bonchev–Trinajstić information content (AvgIpc) is 2.87. The van der Waals surface area contributed by atoms with Crippen molar-refractivity contribution < 1.29 is 19.6 Å². The topological polar surface area (TPSA) is 129 Å². The Balaban J connectivity index is 2.21. The third-order valence-electron chi connectivity index (χ3n) is 2.90. The highest BCUT2D eigenvalue weighted by atomic mass is 16.6. The third-order valence-corrected chi connectivity index (χ3v) is 2.90. The average molecular weight is 268 g/mol. The van der Waals surface area contributed by atoms with E-state index in [0.29, 0.717) is 6.54 Å². The quantitative estimate of drug-likeness (QED) is 0.497. The summed E-state index contributed by atoms with van der Waals surface area (Å²) in [6.07, 6.45) is 1.10. The molecule has 9 heteroatoms. The number of aliphatic carboxylic acids is 1. The summed E-state index contributed by atoms with van der Waals surface area (Å²) < 4.78 is 0. The summed E-state index contributed by atoms with van der Waals surface area (Å²) in [5, 5.41) is 22.5. The lowest BCUT2D eigenvalue weighted by molar-refractivity contribution is -0.384. The Bertz CT molecular complexity index is 526. The zero-order valence-corrected chi connectivity index (χ0v) is 9.83. The maximum Gasteiger partial charge on any atom is 0.327 e. The summed E-state index contributed by atoms with van der Waals surface area (Å²) in [5.41, 5.74) is -0.217. The van der Waals surface area contributed by atoms with E-state index < -0.39 is 22.8 Å². The standard InChI is InChI=1S/C10H12N4O5/c15-9(7-3-6(4-12-7)14(18)19)13-2-1-11-5-8(13)10(16)17/h3-4,8,11-12H,1-2,5H2,(H,16,17). The molecule has 1 fully saturated rings. The lowest BCUT2D eigenvalue weighted by Crippen LogP contribution is -2.57. The fourth-order valence-corrected chi connectivity index (χ4v) is 1.93. The van der Waals surface area contributed by atoms with E-state index in [4.69, 9.17) is 5.11 Å². The van der Waals surface area contributed by atoms with Gasteiger partial charge in [-0.15, -0.1) is 0 Å². The Labute approximate surface area is 107 Å². The van der Waals surface area contributed by atoms with Crippen molar-refractivity contribution in [3.8, 4) is 0 Å². The number of aromatic nitrogens is 1.